The van der Waals surface area contributed by atoms with Gasteiger partial charge in [0, 0.05) is 11.6 Å². The van der Waals surface area contributed by atoms with E-state index in [-0.39, 0.29) is 17.3 Å². The number of hydrogen-bond acceptors (Lipinski definition) is 3. The van der Waals surface area contributed by atoms with E-state index in [1.165, 1.54) is 0 Å². The summed E-state index contributed by atoms with van der Waals surface area (Å²) in [5.74, 6) is -0.323. The van der Waals surface area contributed by atoms with Gasteiger partial charge in [0.15, 0.2) is 0 Å². The molecule has 0 fully saturated rings. The summed E-state index contributed by atoms with van der Waals surface area (Å²) in [4.78, 5) is 21.3. The lowest BCUT2D eigenvalue weighted by Gasteiger charge is -2.28. The lowest BCUT2D eigenvalue weighted by molar-refractivity contribution is -0.117. The molecule has 21 heavy (non-hydrogen) atoms. The standard InChI is InChI=1S/C17H25NO3/c1-16(2,3)12-9-11(7-8-14(19)18-21)10-13(15(12)20)17(4,5)6/h9-10,20H,7-8H2,1-6H3. The van der Waals surface area contributed by atoms with Crippen LogP contribution in [0.15, 0.2) is 17.3 Å². The van der Waals surface area contributed by atoms with Crippen LogP contribution < -0.4 is 0 Å². The summed E-state index contributed by atoms with van der Waals surface area (Å²) in [6, 6.07) is 3.84. The van der Waals surface area contributed by atoms with Crippen molar-refractivity contribution < 1.29 is 9.90 Å². The highest BCUT2D eigenvalue weighted by Crippen LogP contribution is 2.39. The van der Waals surface area contributed by atoms with Crippen molar-refractivity contribution in [1.29, 1.82) is 0 Å². The zero-order valence-corrected chi connectivity index (χ0v) is 13.8. The lowest BCUT2D eigenvalue weighted by Crippen LogP contribution is -2.18. The molecule has 1 rings (SSSR count). The highest BCUT2D eigenvalue weighted by molar-refractivity contribution is 5.76. The van der Waals surface area contributed by atoms with Crippen molar-refractivity contribution in [3.63, 3.8) is 0 Å². The van der Waals surface area contributed by atoms with Crippen LogP contribution in [0.2, 0.25) is 0 Å². The first kappa shape index (κ1) is 17.3. The minimum absolute atomic E-state index is 0.0987. The highest BCUT2D eigenvalue weighted by atomic mass is 16.3. The number of amides is 1. The van der Waals surface area contributed by atoms with Crippen LogP contribution in [0.4, 0.5) is 0 Å². The maximum absolute atomic E-state index is 11.1. The fraction of sp³-hybridized carbons (Fsp3) is 0.588. The Morgan fingerprint density at radius 3 is 1.81 bits per heavy atom. The van der Waals surface area contributed by atoms with Crippen molar-refractivity contribution in [1.82, 2.24) is 0 Å². The molecule has 0 heterocycles. The Morgan fingerprint density at radius 2 is 1.48 bits per heavy atom. The number of carbonyl (C=O) groups is 1. The zero-order valence-electron chi connectivity index (χ0n) is 13.8. The second kappa shape index (κ2) is 5.96. The molecular weight excluding hydrogens is 266 g/mol. The predicted octanol–water partition coefficient (Wildman–Crippen LogP) is 4.21. The predicted molar refractivity (Wildman–Crippen MR) is 84.6 cm³/mol. The van der Waals surface area contributed by atoms with Gasteiger partial charge in [-0.1, -0.05) is 53.7 Å². The van der Waals surface area contributed by atoms with Crippen molar-refractivity contribution in [3.05, 3.63) is 33.7 Å². The van der Waals surface area contributed by atoms with Gasteiger partial charge in [-0.05, 0) is 33.9 Å². The second-order valence-corrected chi connectivity index (χ2v) is 7.52. The van der Waals surface area contributed by atoms with Crippen LogP contribution in [0.25, 0.3) is 0 Å². The Bertz CT molecular complexity index is 513. The molecule has 0 radical (unpaired) electrons. The molecule has 0 aliphatic carbocycles. The number of hydrogen-bond donors (Lipinski definition) is 1. The first-order chi connectivity index (χ1) is 9.46. The Morgan fingerprint density at radius 1 is 1.05 bits per heavy atom. The molecule has 1 N–H and O–H groups in total. The van der Waals surface area contributed by atoms with Crippen molar-refractivity contribution >= 4 is 5.91 Å². The number of carbonyl (C=O) groups excluding carboxylic acids is 1. The number of rotatable bonds is 3. The number of aromatic hydroxyl groups is 1. The number of nitroso groups, excluding NO2 is 1. The van der Waals surface area contributed by atoms with Gasteiger partial charge >= 0.3 is 0 Å². The number of phenolic OH excluding ortho intramolecular Hbond substituents is 1. The normalized spacial score (nSPS) is 12.3. The monoisotopic (exact) mass is 291 g/mol. The molecule has 0 aliphatic rings. The zero-order chi connectivity index (χ0) is 16.4. The maximum atomic E-state index is 11.1. The van der Waals surface area contributed by atoms with Gasteiger partial charge in [0.2, 0.25) is 0 Å². The van der Waals surface area contributed by atoms with Crippen molar-refractivity contribution in [2.75, 3.05) is 0 Å². The number of aryl methyl sites for hydroxylation is 1. The molecule has 0 unspecified atom stereocenters. The van der Waals surface area contributed by atoms with E-state index in [2.05, 4.69) is 5.18 Å². The summed E-state index contributed by atoms with van der Waals surface area (Å²) < 4.78 is 0. The summed E-state index contributed by atoms with van der Waals surface area (Å²) in [5.41, 5.74) is 2.26. The Kier molecular flexibility index (Phi) is 4.92. The molecule has 1 amide bonds. The van der Waals surface area contributed by atoms with Gasteiger partial charge in [-0.3, -0.25) is 4.79 Å². The first-order valence-electron chi connectivity index (χ1n) is 7.20. The number of nitrogens with zero attached hydrogens (tertiary/aromatic N) is 1. The highest BCUT2D eigenvalue weighted by Gasteiger charge is 2.26. The third-order valence-corrected chi connectivity index (χ3v) is 3.52. The third kappa shape index (κ3) is 4.38. The molecule has 0 atom stereocenters. The van der Waals surface area contributed by atoms with Crippen LogP contribution in [-0.4, -0.2) is 11.0 Å². The van der Waals surface area contributed by atoms with Crippen LogP contribution in [0, 0.1) is 4.91 Å². The van der Waals surface area contributed by atoms with Gasteiger partial charge in [0.05, 0.1) is 0 Å². The SMILES string of the molecule is CC(C)(C)c1cc(CCC(=O)N=O)cc(C(C)(C)C)c1O. The molecule has 1 aromatic rings. The molecule has 0 aromatic heterocycles. The molecule has 0 saturated carbocycles. The van der Waals surface area contributed by atoms with E-state index in [1.807, 2.05) is 53.7 Å². The van der Waals surface area contributed by atoms with Crippen molar-refractivity contribution in [2.45, 2.75) is 65.2 Å². The van der Waals surface area contributed by atoms with Crippen LogP contribution in [0.1, 0.15) is 64.7 Å². The summed E-state index contributed by atoms with van der Waals surface area (Å²) in [7, 11) is 0. The van der Waals surface area contributed by atoms with Gasteiger partial charge in [0.25, 0.3) is 5.91 Å². The second-order valence-electron chi connectivity index (χ2n) is 7.52. The lowest BCUT2D eigenvalue weighted by atomic mass is 9.78. The van der Waals surface area contributed by atoms with E-state index in [0.717, 1.165) is 16.7 Å². The summed E-state index contributed by atoms with van der Waals surface area (Å²) in [6.45, 7) is 12.2. The van der Waals surface area contributed by atoms with E-state index in [9.17, 15) is 14.8 Å². The average molecular weight is 291 g/mol. The molecular formula is C17H25NO3. The molecule has 4 nitrogen and oxygen atoms in total. The Labute approximate surface area is 126 Å². The van der Waals surface area contributed by atoms with E-state index in [4.69, 9.17) is 0 Å². The smallest absolute Gasteiger partial charge is 0.286 e. The van der Waals surface area contributed by atoms with Crippen LogP contribution >= 0.6 is 0 Å². The fourth-order valence-corrected chi connectivity index (χ4v) is 2.28. The number of phenols is 1. The molecule has 1 aromatic carbocycles. The van der Waals surface area contributed by atoms with Gasteiger partial charge in [-0.15, -0.1) is 4.91 Å². The van der Waals surface area contributed by atoms with E-state index in [1.54, 1.807) is 0 Å². The van der Waals surface area contributed by atoms with Crippen LogP contribution in [0.5, 0.6) is 5.75 Å². The molecule has 0 aliphatic heterocycles. The Hall–Kier alpha value is -1.71. The molecule has 0 bridgehead atoms. The summed E-state index contributed by atoms with van der Waals surface area (Å²) in [6.07, 6.45) is 0.554. The van der Waals surface area contributed by atoms with E-state index in [0.29, 0.717) is 12.2 Å². The third-order valence-electron chi connectivity index (χ3n) is 3.52. The minimum atomic E-state index is -0.641. The van der Waals surface area contributed by atoms with E-state index >= 15 is 0 Å². The summed E-state index contributed by atoms with van der Waals surface area (Å²) in [5, 5.41) is 13.0. The van der Waals surface area contributed by atoms with Gasteiger partial charge in [-0.2, -0.15) is 0 Å². The minimum Gasteiger partial charge on any atom is -0.507 e. The van der Waals surface area contributed by atoms with Crippen LogP contribution in [0.3, 0.4) is 0 Å². The topological polar surface area (TPSA) is 66.7 Å². The molecule has 4 heteroatoms. The summed E-state index contributed by atoms with van der Waals surface area (Å²) >= 11 is 0. The van der Waals surface area contributed by atoms with Gasteiger partial charge in [-0.25, -0.2) is 0 Å². The molecule has 0 saturated heterocycles. The molecule has 116 valence electrons. The van der Waals surface area contributed by atoms with Gasteiger partial charge < -0.3 is 5.11 Å². The average Bonchev–Trinajstić information content (AvgIpc) is 2.34. The van der Waals surface area contributed by atoms with Crippen LogP contribution in [-0.2, 0) is 22.0 Å². The van der Waals surface area contributed by atoms with Crippen molar-refractivity contribution in [2.24, 2.45) is 5.18 Å². The van der Waals surface area contributed by atoms with Crippen molar-refractivity contribution in [3.8, 4) is 5.75 Å². The quantitative estimate of drug-likeness (QED) is 0.848. The molecule has 0 spiro atoms. The largest absolute Gasteiger partial charge is 0.507 e. The number of benzene rings is 1. The van der Waals surface area contributed by atoms with Gasteiger partial charge in [0.1, 0.15) is 5.75 Å². The first-order valence-corrected chi connectivity index (χ1v) is 7.20. The van der Waals surface area contributed by atoms with E-state index < -0.39 is 5.91 Å². The maximum Gasteiger partial charge on any atom is 0.286 e. The fourth-order valence-electron chi connectivity index (χ4n) is 2.28. The Balaban J connectivity index is 3.34.